The van der Waals surface area contributed by atoms with E-state index >= 15 is 0 Å². The fourth-order valence-corrected chi connectivity index (χ4v) is 1.49. The molecule has 0 radical (unpaired) electrons. The average Bonchev–Trinajstić information content (AvgIpc) is 1.97. The molecule has 5 heteroatoms. The van der Waals surface area contributed by atoms with Crippen LogP contribution in [0, 0.1) is 11.8 Å². The second-order valence-corrected chi connectivity index (χ2v) is 3.90. The number of halogens is 1. The average molecular weight is 218 g/mol. The van der Waals surface area contributed by atoms with Gasteiger partial charge in [0.2, 0.25) is 5.91 Å². The number of hydrogen-bond donors (Lipinski definition) is 2. The third-order valence-corrected chi connectivity index (χ3v) is 2.52. The molecule has 2 unspecified atom stereocenters. The van der Waals surface area contributed by atoms with Crippen molar-refractivity contribution < 1.29 is 14.7 Å². The van der Waals surface area contributed by atoms with E-state index in [1.54, 1.807) is 0 Å². The zero-order valence-corrected chi connectivity index (χ0v) is 8.38. The predicted molar refractivity (Wildman–Crippen MR) is 51.9 cm³/mol. The Balaban J connectivity index is 2.38. The van der Waals surface area contributed by atoms with E-state index < -0.39 is 17.8 Å². The van der Waals surface area contributed by atoms with Gasteiger partial charge in [0.05, 0.1) is 18.4 Å². The summed E-state index contributed by atoms with van der Waals surface area (Å²) in [5.74, 6) is -2.08. The summed E-state index contributed by atoms with van der Waals surface area (Å²) >= 11 is 5.46. The van der Waals surface area contributed by atoms with Crippen molar-refractivity contribution in [3.8, 4) is 0 Å². The lowest BCUT2D eigenvalue weighted by molar-refractivity contribution is -0.152. The van der Waals surface area contributed by atoms with Gasteiger partial charge < -0.3 is 10.4 Å². The fraction of sp³-hybridized carbons (Fsp3) is 0.556. The molecule has 0 spiro atoms. The van der Waals surface area contributed by atoms with Gasteiger partial charge in [-0.1, -0.05) is 18.2 Å². The number of aliphatic carboxylic acids is 1. The number of nitrogens with one attached hydrogen (secondary N) is 1. The monoisotopic (exact) mass is 217 g/mol. The Kier molecular flexibility index (Phi) is 3.52. The van der Waals surface area contributed by atoms with Crippen LogP contribution in [0.15, 0.2) is 11.6 Å². The Morgan fingerprint density at radius 2 is 2.00 bits per heavy atom. The van der Waals surface area contributed by atoms with E-state index in [1.165, 1.54) is 0 Å². The highest BCUT2D eigenvalue weighted by atomic mass is 35.5. The van der Waals surface area contributed by atoms with Gasteiger partial charge in [0.15, 0.2) is 0 Å². The quantitative estimate of drug-likeness (QED) is 0.737. The van der Waals surface area contributed by atoms with Crippen LogP contribution in [0.5, 0.6) is 0 Å². The third kappa shape index (κ3) is 2.48. The number of carbonyl (C=O) groups excluding carboxylic acids is 1. The Labute approximate surface area is 86.9 Å². The normalized spacial score (nSPS) is 24.9. The van der Waals surface area contributed by atoms with Crippen LogP contribution in [0.25, 0.3) is 0 Å². The number of carbonyl (C=O) groups is 2. The molecular formula is C9H12ClNO3. The van der Waals surface area contributed by atoms with Crippen LogP contribution < -0.4 is 5.32 Å². The lowest BCUT2D eigenvalue weighted by Gasteiger charge is -2.31. The molecule has 1 rings (SSSR count). The zero-order valence-electron chi connectivity index (χ0n) is 7.62. The standard InChI is InChI=1S/C9H12ClNO3/c1-5(10)4-11-8(12)6-2-3-7(6)9(13)14/h6-7H,1-4H2,(H,11,12)(H,13,14). The molecule has 0 bridgehead atoms. The highest BCUT2D eigenvalue weighted by Gasteiger charge is 2.41. The number of amides is 1. The number of rotatable bonds is 4. The van der Waals surface area contributed by atoms with Gasteiger partial charge in [-0.25, -0.2) is 0 Å². The van der Waals surface area contributed by atoms with Crippen LogP contribution in [0.1, 0.15) is 12.8 Å². The molecule has 0 aliphatic heterocycles. The first kappa shape index (κ1) is 11.0. The molecule has 1 saturated carbocycles. The smallest absolute Gasteiger partial charge is 0.307 e. The van der Waals surface area contributed by atoms with E-state index in [4.69, 9.17) is 16.7 Å². The summed E-state index contributed by atoms with van der Waals surface area (Å²) in [6, 6.07) is 0. The van der Waals surface area contributed by atoms with E-state index in [0.717, 1.165) is 0 Å². The first-order valence-electron chi connectivity index (χ1n) is 4.36. The largest absolute Gasteiger partial charge is 0.481 e. The fourth-order valence-electron chi connectivity index (χ4n) is 1.42. The zero-order chi connectivity index (χ0) is 10.7. The molecule has 1 aliphatic rings. The summed E-state index contributed by atoms with van der Waals surface area (Å²) in [4.78, 5) is 22.0. The van der Waals surface area contributed by atoms with Gasteiger partial charge in [-0.15, -0.1) is 0 Å². The van der Waals surface area contributed by atoms with Gasteiger partial charge in [-0.2, -0.15) is 0 Å². The Morgan fingerprint density at radius 1 is 1.43 bits per heavy atom. The van der Waals surface area contributed by atoms with Crippen LogP contribution in [0.2, 0.25) is 0 Å². The SMILES string of the molecule is C=C(Cl)CNC(=O)C1CCC1C(=O)O. The summed E-state index contributed by atoms with van der Waals surface area (Å²) in [5.41, 5.74) is 0. The van der Waals surface area contributed by atoms with Crippen molar-refractivity contribution >= 4 is 23.5 Å². The Hall–Kier alpha value is -1.03. The molecule has 0 aromatic heterocycles. The van der Waals surface area contributed by atoms with Crippen LogP contribution in [-0.4, -0.2) is 23.5 Å². The van der Waals surface area contributed by atoms with Crippen LogP contribution >= 0.6 is 11.6 Å². The summed E-state index contributed by atoms with van der Waals surface area (Å²) in [6.07, 6.45) is 1.22. The molecule has 78 valence electrons. The second-order valence-electron chi connectivity index (χ2n) is 3.36. The molecule has 1 fully saturated rings. The van der Waals surface area contributed by atoms with E-state index in [9.17, 15) is 9.59 Å². The van der Waals surface area contributed by atoms with Gasteiger partial charge >= 0.3 is 5.97 Å². The molecule has 2 atom stereocenters. The Morgan fingerprint density at radius 3 is 2.36 bits per heavy atom. The maximum Gasteiger partial charge on any atom is 0.307 e. The number of carboxylic acid groups (broad SMARTS) is 1. The predicted octanol–water partition coefficient (Wildman–Crippen LogP) is 0.966. The van der Waals surface area contributed by atoms with Gasteiger partial charge in [-0.3, -0.25) is 9.59 Å². The van der Waals surface area contributed by atoms with Crippen LogP contribution in [0.3, 0.4) is 0 Å². The molecule has 14 heavy (non-hydrogen) atoms. The molecule has 1 aliphatic carbocycles. The maximum atomic E-state index is 11.4. The van der Waals surface area contributed by atoms with Crippen molar-refractivity contribution in [3.05, 3.63) is 11.6 Å². The minimum absolute atomic E-state index is 0.198. The molecule has 0 aromatic rings. The van der Waals surface area contributed by atoms with Crippen LogP contribution in [-0.2, 0) is 9.59 Å². The van der Waals surface area contributed by atoms with Gasteiger partial charge in [0.25, 0.3) is 0 Å². The highest BCUT2D eigenvalue weighted by Crippen LogP contribution is 2.34. The summed E-state index contributed by atoms with van der Waals surface area (Å²) in [7, 11) is 0. The van der Waals surface area contributed by atoms with Crippen molar-refractivity contribution in [2.24, 2.45) is 11.8 Å². The topological polar surface area (TPSA) is 66.4 Å². The molecule has 2 N–H and O–H groups in total. The first-order valence-corrected chi connectivity index (χ1v) is 4.74. The van der Waals surface area contributed by atoms with Crippen molar-refractivity contribution in [3.63, 3.8) is 0 Å². The van der Waals surface area contributed by atoms with E-state index in [-0.39, 0.29) is 12.5 Å². The molecule has 0 aromatic carbocycles. The molecule has 0 saturated heterocycles. The summed E-state index contributed by atoms with van der Waals surface area (Å²) in [5, 5.41) is 11.6. The first-order chi connectivity index (χ1) is 6.52. The second kappa shape index (κ2) is 4.46. The molecular weight excluding hydrogens is 206 g/mol. The summed E-state index contributed by atoms with van der Waals surface area (Å²) in [6.45, 7) is 3.62. The van der Waals surface area contributed by atoms with Gasteiger partial charge in [0, 0.05) is 5.03 Å². The van der Waals surface area contributed by atoms with E-state index in [0.29, 0.717) is 17.9 Å². The molecule has 1 amide bonds. The van der Waals surface area contributed by atoms with E-state index in [1.807, 2.05) is 0 Å². The van der Waals surface area contributed by atoms with Crippen molar-refractivity contribution in [2.45, 2.75) is 12.8 Å². The third-order valence-electron chi connectivity index (χ3n) is 2.38. The summed E-state index contributed by atoms with van der Waals surface area (Å²) < 4.78 is 0. The Bertz CT molecular complexity index is 277. The van der Waals surface area contributed by atoms with Crippen molar-refractivity contribution in [2.75, 3.05) is 6.54 Å². The van der Waals surface area contributed by atoms with Crippen molar-refractivity contribution in [1.29, 1.82) is 0 Å². The minimum atomic E-state index is -0.902. The highest BCUT2D eigenvalue weighted by molar-refractivity contribution is 6.29. The lowest BCUT2D eigenvalue weighted by Crippen LogP contribution is -2.44. The van der Waals surface area contributed by atoms with Crippen LogP contribution in [0.4, 0.5) is 0 Å². The maximum absolute atomic E-state index is 11.4. The number of carboxylic acids is 1. The van der Waals surface area contributed by atoms with Gasteiger partial charge in [-0.05, 0) is 12.8 Å². The van der Waals surface area contributed by atoms with Gasteiger partial charge in [0.1, 0.15) is 0 Å². The minimum Gasteiger partial charge on any atom is -0.481 e. The van der Waals surface area contributed by atoms with Crippen molar-refractivity contribution in [1.82, 2.24) is 5.32 Å². The molecule has 0 heterocycles. The lowest BCUT2D eigenvalue weighted by atomic mass is 9.73. The van der Waals surface area contributed by atoms with E-state index in [2.05, 4.69) is 11.9 Å². The molecule has 4 nitrogen and oxygen atoms in total. The number of hydrogen-bond acceptors (Lipinski definition) is 2.